The lowest BCUT2D eigenvalue weighted by molar-refractivity contribution is 0.527. The zero-order valence-corrected chi connectivity index (χ0v) is 18.3. The molecule has 0 fully saturated rings. The van der Waals surface area contributed by atoms with E-state index in [2.05, 4.69) is 53.4 Å². The maximum atomic E-state index is 6.04. The third-order valence-electron chi connectivity index (χ3n) is 5.06. The maximum Gasteiger partial charge on any atom is 0.200 e. The van der Waals surface area contributed by atoms with Crippen molar-refractivity contribution in [1.82, 2.24) is 34.3 Å². The van der Waals surface area contributed by atoms with Crippen molar-refractivity contribution in [3.8, 4) is 5.69 Å². The predicted octanol–water partition coefficient (Wildman–Crippen LogP) is 4.56. The van der Waals surface area contributed by atoms with Gasteiger partial charge in [0.25, 0.3) is 0 Å². The highest BCUT2D eigenvalue weighted by molar-refractivity contribution is 7.71. The first-order valence-electron chi connectivity index (χ1n) is 9.32. The molecular weight excluding hydrogens is 406 g/mol. The van der Waals surface area contributed by atoms with E-state index in [0.717, 1.165) is 22.9 Å². The van der Waals surface area contributed by atoms with Gasteiger partial charge in [-0.3, -0.25) is 19.0 Å². The fourth-order valence-corrected chi connectivity index (χ4v) is 3.86. The summed E-state index contributed by atoms with van der Waals surface area (Å²) in [5.74, 6) is 0.746. The van der Waals surface area contributed by atoms with Crippen LogP contribution >= 0.6 is 23.8 Å². The molecule has 9 heteroatoms. The molecule has 0 aliphatic carbocycles. The Morgan fingerprint density at radius 2 is 1.90 bits per heavy atom. The molecule has 0 aliphatic heterocycles. The van der Waals surface area contributed by atoms with Gasteiger partial charge >= 0.3 is 0 Å². The predicted molar refractivity (Wildman–Crippen MR) is 115 cm³/mol. The normalized spacial score (nSPS) is 12.4. The van der Waals surface area contributed by atoms with Crippen LogP contribution in [0.25, 0.3) is 5.69 Å². The molecule has 150 valence electrons. The first-order chi connectivity index (χ1) is 13.8. The number of aromatic amines is 1. The van der Waals surface area contributed by atoms with Crippen LogP contribution in [-0.2, 0) is 6.54 Å². The van der Waals surface area contributed by atoms with E-state index in [-0.39, 0.29) is 6.04 Å². The van der Waals surface area contributed by atoms with Crippen LogP contribution in [0.3, 0.4) is 0 Å². The third-order valence-corrected chi connectivity index (χ3v) is 5.53. The SMILES string of the molecule is Cc1ccc(Cn2nc(C)c(-n3c([C@@H](C)n4cc(Cl)cn4)n[nH]c3=S)c2C)cc1. The smallest absolute Gasteiger partial charge is 0.200 e. The summed E-state index contributed by atoms with van der Waals surface area (Å²) in [5, 5.41) is 17.0. The topological polar surface area (TPSA) is 69.2 Å². The molecule has 0 saturated carbocycles. The highest BCUT2D eigenvalue weighted by Gasteiger charge is 2.23. The molecule has 1 aromatic carbocycles. The minimum Gasteiger partial charge on any atom is -0.267 e. The average Bonchev–Trinajstić information content (AvgIpc) is 3.35. The van der Waals surface area contributed by atoms with E-state index in [4.69, 9.17) is 28.9 Å². The van der Waals surface area contributed by atoms with Gasteiger partial charge in [-0.1, -0.05) is 41.4 Å². The highest BCUT2D eigenvalue weighted by Crippen LogP contribution is 2.25. The molecule has 7 nitrogen and oxygen atoms in total. The quantitative estimate of drug-likeness (QED) is 0.474. The van der Waals surface area contributed by atoms with Gasteiger partial charge in [0.15, 0.2) is 10.6 Å². The molecule has 0 spiro atoms. The molecule has 4 aromatic rings. The molecule has 1 N–H and O–H groups in total. The van der Waals surface area contributed by atoms with Gasteiger partial charge in [-0.25, -0.2) is 0 Å². The van der Waals surface area contributed by atoms with Gasteiger partial charge in [-0.05, 0) is 45.5 Å². The van der Waals surface area contributed by atoms with Gasteiger partial charge in [0.1, 0.15) is 6.04 Å². The van der Waals surface area contributed by atoms with Crippen molar-refractivity contribution in [3.63, 3.8) is 0 Å². The second-order valence-electron chi connectivity index (χ2n) is 7.20. The molecule has 3 aromatic heterocycles. The summed E-state index contributed by atoms with van der Waals surface area (Å²) in [6.07, 6.45) is 3.38. The number of benzene rings is 1. The summed E-state index contributed by atoms with van der Waals surface area (Å²) in [5.41, 5.74) is 5.29. The molecule has 0 saturated heterocycles. The van der Waals surface area contributed by atoms with Crippen molar-refractivity contribution < 1.29 is 0 Å². The Morgan fingerprint density at radius 1 is 1.17 bits per heavy atom. The Balaban J connectivity index is 1.76. The minimum absolute atomic E-state index is 0.158. The Morgan fingerprint density at radius 3 is 2.55 bits per heavy atom. The lowest BCUT2D eigenvalue weighted by Crippen LogP contribution is -2.14. The molecule has 3 heterocycles. The number of hydrogen-bond acceptors (Lipinski definition) is 4. The fraction of sp³-hybridized carbons (Fsp3) is 0.300. The number of aromatic nitrogens is 7. The monoisotopic (exact) mass is 427 g/mol. The molecule has 0 radical (unpaired) electrons. The van der Waals surface area contributed by atoms with E-state index >= 15 is 0 Å². The van der Waals surface area contributed by atoms with Gasteiger partial charge in [-0.2, -0.15) is 15.3 Å². The van der Waals surface area contributed by atoms with Crippen LogP contribution in [0.1, 0.15) is 41.3 Å². The number of rotatable bonds is 5. The zero-order chi connectivity index (χ0) is 20.7. The second-order valence-corrected chi connectivity index (χ2v) is 8.02. The van der Waals surface area contributed by atoms with Crippen molar-refractivity contribution in [2.45, 2.75) is 40.3 Å². The van der Waals surface area contributed by atoms with E-state index in [1.165, 1.54) is 11.1 Å². The molecule has 29 heavy (non-hydrogen) atoms. The van der Waals surface area contributed by atoms with E-state index < -0.39 is 0 Å². The van der Waals surface area contributed by atoms with Crippen LogP contribution in [0.2, 0.25) is 5.02 Å². The summed E-state index contributed by atoms with van der Waals surface area (Å²) in [7, 11) is 0. The van der Waals surface area contributed by atoms with Crippen molar-refractivity contribution in [1.29, 1.82) is 0 Å². The van der Waals surface area contributed by atoms with Crippen LogP contribution < -0.4 is 0 Å². The molecule has 1 atom stereocenters. The van der Waals surface area contributed by atoms with Crippen molar-refractivity contribution in [2.24, 2.45) is 0 Å². The van der Waals surface area contributed by atoms with E-state index in [1.807, 2.05) is 23.1 Å². The van der Waals surface area contributed by atoms with Crippen LogP contribution in [0.15, 0.2) is 36.7 Å². The van der Waals surface area contributed by atoms with Gasteiger partial charge in [0.2, 0.25) is 0 Å². The fourth-order valence-electron chi connectivity index (χ4n) is 3.48. The first-order valence-corrected chi connectivity index (χ1v) is 10.1. The van der Waals surface area contributed by atoms with Gasteiger partial charge in [-0.15, -0.1) is 0 Å². The van der Waals surface area contributed by atoms with Crippen LogP contribution in [-0.4, -0.2) is 34.3 Å². The number of aryl methyl sites for hydroxylation is 2. The number of H-pyrrole nitrogens is 1. The average molecular weight is 428 g/mol. The molecule has 0 amide bonds. The van der Waals surface area contributed by atoms with Crippen LogP contribution in [0.4, 0.5) is 0 Å². The molecule has 0 aliphatic rings. The lowest BCUT2D eigenvalue weighted by atomic mass is 10.1. The Kier molecular flexibility index (Phi) is 5.14. The summed E-state index contributed by atoms with van der Waals surface area (Å²) in [6, 6.07) is 8.33. The lowest BCUT2D eigenvalue weighted by Gasteiger charge is -2.14. The number of halogens is 1. The second kappa shape index (κ2) is 7.61. The summed E-state index contributed by atoms with van der Waals surface area (Å²) in [6.45, 7) is 8.82. The maximum absolute atomic E-state index is 6.04. The number of nitrogens with one attached hydrogen (secondary N) is 1. The van der Waals surface area contributed by atoms with Gasteiger partial charge < -0.3 is 0 Å². The largest absolute Gasteiger partial charge is 0.267 e. The first kappa shape index (κ1) is 19.6. The van der Waals surface area contributed by atoms with Crippen molar-refractivity contribution in [3.05, 3.63) is 74.8 Å². The third kappa shape index (κ3) is 3.65. The molecule has 0 bridgehead atoms. The molecule has 0 unspecified atom stereocenters. The number of nitrogens with zero attached hydrogens (tertiary/aromatic N) is 6. The number of hydrogen-bond donors (Lipinski definition) is 1. The Hall–Kier alpha value is -2.71. The summed E-state index contributed by atoms with van der Waals surface area (Å²) in [4.78, 5) is 0. The van der Waals surface area contributed by atoms with Crippen molar-refractivity contribution in [2.75, 3.05) is 0 Å². The van der Waals surface area contributed by atoms with Crippen LogP contribution in [0, 0.1) is 25.5 Å². The van der Waals surface area contributed by atoms with E-state index in [1.54, 1.807) is 17.1 Å². The van der Waals surface area contributed by atoms with Crippen molar-refractivity contribution >= 4 is 23.8 Å². The minimum atomic E-state index is -0.158. The van der Waals surface area contributed by atoms with E-state index in [0.29, 0.717) is 16.3 Å². The van der Waals surface area contributed by atoms with Gasteiger partial charge in [0.05, 0.1) is 34.8 Å². The summed E-state index contributed by atoms with van der Waals surface area (Å²) < 4.78 is 6.24. The zero-order valence-electron chi connectivity index (χ0n) is 16.7. The standard InChI is InChI=1S/C20H22ClN7S/c1-12-5-7-16(8-6-12)10-27-14(3)18(13(2)25-27)28-19(23-24-20(28)29)15(4)26-11-17(21)9-22-26/h5-9,11,15H,10H2,1-4H3,(H,24,29)/t15-/m1/s1. The molecule has 4 rings (SSSR count). The Labute approximate surface area is 178 Å². The van der Waals surface area contributed by atoms with E-state index in [9.17, 15) is 0 Å². The highest BCUT2D eigenvalue weighted by atomic mass is 35.5. The molecular formula is C20H22ClN7S. The summed E-state index contributed by atoms with van der Waals surface area (Å²) >= 11 is 11.6. The Bertz CT molecular complexity index is 1210. The van der Waals surface area contributed by atoms with Gasteiger partial charge in [0, 0.05) is 6.20 Å². The van der Waals surface area contributed by atoms with Crippen LogP contribution in [0.5, 0.6) is 0 Å².